The fourth-order valence-electron chi connectivity index (χ4n) is 0.635. The predicted octanol–water partition coefficient (Wildman–Crippen LogP) is 1.21. The van der Waals surface area contributed by atoms with Crippen molar-refractivity contribution in [1.82, 2.24) is 0 Å². The second-order valence-electron chi connectivity index (χ2n) is 1.83. The molecule has 0 unspecified atom stereocenters. The van der Waals surface area contributed by atoms with Gasteiger partial charge in [-0.2, -0.15) is 0 Å². The van der Waals surface area contributed by atoms with Crippen LogP contribution in [-0.2, 0) is 4.74 Å². The minimum Gasteiger partial charge on any atom is -0.385 e. The Morgan fingerprint density at radius 2 is 2.38 bits per heavy atom. The molecule has 0 aromatic carbocycles. The van der Waals surface area contributed by atoms with Crippen molar-refractivity contribution in [3.63, 3.8) is 0 Å². The zero-order valence-electron chi connectivity index (χ0n) is 4.77. The highest BCUT2D eigenvalue weighted by Crippen LogP contribution is 2.13. The van der Waals surface area contributed by atoms with E-state index in [1.54, 1.807) is 0 Å². The second kappa shape index (κ2) is 1.97. The monoisotopic (exact) mass is 109 g/mol. The van der Waals surface area contributed by atoms with Gasteiger partial charge in [-0.3, -0.25) is 0 Å². The van der Waals surface area contributed by atoms with Gasteiger partial charge in [0.05, 0.1) is 19.8 Å². The van der Waals surface area contributed by atoms with Gasteiger partial charge in [0.15, 0.2) is 5.70 Å². The first-order valence-electron chi connectivity index (χ1n) is 2.48. The smallest absolute Gasteiger partial charge is 0.191 e. The van der Waals surface area contributed by atoms with E-state index < -0.39 is 0 Å². The summed E-state index contributed by atoms with van der Waals surface area (Å²) in [7, 11) is 0. The van der Waals surface area contributed by atoms with E-state index in [-0.39, 0.29) is 0 Å². The lowest BCUT2D eigenvalue weighted by atomic mass is 10.3. The number of hydrogen-bond donors (Lipinski definition) is 0. The maximum absolute atomic E-state index is 6.62. The summed E-state index contributed by atoms with van der Waals surface area (Å²) in [5, 5.41) is 0. The van der Waals surface area contributed by atoms with Gasteiger partial charge in [0.1, 0.15) is 0 Å². The Hall–Kier alpha value is -0.810. The molecular formula is C6H7NO. The SMILES string of the molecule is [C-]#[N+]C1=C(C)COC1. The lowest BCUT2D eigenvalue weighted by Crippen LogP contribution is -1.81. The molecular weight excluding hydrogens is 102 g/mol. The van der Waals surface area contributed by atoms with Gasteiger partial charge in [-0.15, -0.1) is 0 Å². The van der Waals surface area contributed by atoms with Gasteiger partial charge in [0.2, 0.25) is 0 Å². The fraction of sp³-hybridized carbons (Fsp3) is 0.500. The lowest BCUT2D eigenvalue weighted by molar-refractivity contribution is 0.205. The molecule has 42 valence electrons. The molecule has 2 heteroatoms. The van der Waals surface area contributed by atoms with Crippen LogP contribution in [-0.4, -0.2) is 13.2 Å². The molecule has 0 bridgehead atoms. The molecule has 0 aromatic heterocycles. The van der Waals surface area contributed by atoms with E-state index in [0.29, 0.717) is 13.2 Å². The Morgan fingerprint density at radius 3 is 2.62 bits per heavy atom. The van der Waals surface area contributed by atoms with Crippen LogP contribution in [0, 0.1) is 6.57 Å². The maximum Gasteiger partial charge on any atom is 0.191 e. The Labute approximate surface area is 48.6 Å². The summed E-state index contributed by atoms with van der Waals surface area (Å²) in [4.78, 5) is 3.27. The lowest BCUT2D eigenvalue weighted by Gasteiger charge is -1.83. The molecule has 1 aliphatic rings. The van der Waals surface area contributed by atoms with Crippen molar-refractivity contribution in [2.45, 2.75) is 6.92 Å². The third-order valence-electron chi connectivity index (χ3n) is 1.18. The highest BCUT2D eigenvalue weighted by atomic mass is 16.5. The molecule has 8 heavy (non-hydrogen) atoms. The molecule has 0 amide bonds. The summed E-state index contributed by atoms with van der Waals surface area (Å²) in [6.45, 7) is 9.72. The maximum atomic E-state index is 6.62. The molecule has 0 radical (unpaired) electrons. The minimum absolute atomic E-state index is 0.523. The summed E-state index contributed by atoms with van der Waals surface area (Å²) in [6, 6.07) is 0. The van der Waals surface area contributed by atoms with E-state index in [9.17, 15) is 0 Å². The zero-order valence-corrected chi connectivity index (χ0v) is 4.77. The first-order chi connectivity index (χ1) is 3.84. The van der Waals surface area contributed by atoms with Crippen LogP contribution in [0.3, 0.4) is 0 Å². The van der Waals surface area contributed by atoms with Gasteiger partial charge in [0, 0.05) is 0 Å². The molecule has 0 aromatic rings. The Balaban J connectivity index is 2.77. The number of hydrogen-bond acceptors (Lipinski definition) is 1. The third kappa shape index (κ3) is 0.728. The highest BCUT2D eigenvalue weighted by Gasteiger charge is 2.09. The van der Waals surface area contributed by atoms with Crippen LogP contribution in [0.15, 0.2) is 11.3 Å². The molecule has 1 rings (SSSR count). The largest absolute Gasteiger partial charge is 0.385 e. The van der Waals surface area contributed by atoms with Gasteiger partial charge in [-0.05, 0) is 5.57 Å². The molecule has 0 N–H and O–H groups in total. The molecule has 1 heterocycles. The normalized spacial score (nSPS) is 19.0. The van der Waals surface area contributed by atoms with Crippen molar-refractivity contribution >= 4 is 0 Å². The van der Waals surface area contributed by atoms with Crippen LogP contribution >= 0.6 is 0 Å². The molecule has 0 aliphatic carbocycles. The second-order valence-corrected chi connectivity index (χ2v) is 1.83. The summed E-state index contributed by atoms with van der Waals surface area (Å²) < 4.78 is 4.97. The van der Waals surface area contributed by atoms with Crippen LogP contribution in [0.25, 0.3) is 4.85 Å². The van der Waals surface area contributed by atoms with Crippen LogP contribution in [0.1, 0.15) is 6.92 Å². The van der Waals surface area contributed by atoms with E-state index >= 15 is 0 Å². The van der Waals surface area contributed by atoms with Crippen molar-refractivity contribution in [2.75, 3.05) is 13.2 Å². The molecule has 2 nitrogen and oxygen atoms in total. The van der Waals surface area contributed by atoms with Crippen molar-refractivity contribution in [2.24, 2.45) is 0 Å². The van der Waals surface area contributed by atoms with Crippen LogP contribution in [0.5, 0.6) is 0 Å². The van der Waals surface area contributed by atoms with Crippen molar-refractivity contribution in [1.29, 1.82) is 0 Å². The van der Waals surface area contributed by atoms with Crippen molar-refractivity contribution in [3.8, 4) is 0 Å². The highest BCUT2D eigenvalue weighted by molar-refractivity contribution is 5.22. The summed E-state index contributed by atoms with van der Waals surface area (Å²) >= 11 is 0. The first kappa shape index (κ1) is 5.33. The topological polar surface area (TPSA) is 13.6 Å². The zero-order chi connectivity index (χ0) is 5.98. The van der Waals surface area contributed by atoms with E-state index in [1.165, 1.54) is 0 Å². The van der Waals surface area contributed by atoms with Crippen LogP contribution in [0.4, 0.5) is 0 Å². The molecule has 0 atom stereocenters. The first-order valence-corrected chi connectivity index (χ1v) is 2.48. The third-order valence-corrected chi connectivity index (χ3v) is 1.18. The minimum atomic E-state index is 0.523. The van der Waals surface area contributed by atoms with E-state index in [0.717, 1.165) is 11.3 Å². The quantitative estimate of drug-likeness (QED) is 0.426. The van der Waals surface area contributed by atoms with E-state index in [2.05, 4.69) is 4.85 Å². The van der Waals surface area contributed by atoms with Gasteiger partial charge in [0.25, 0.3) is 0 Å². The predicted molar refractivity (Wildman–Crippen MR) is 30.1 cm³/mol. The average molecular weight is 109 g/mol. The number of ether oxygens (including phenoxy) is 1. The molecule has 0 saturated heterocycles. The van der Waals surface area contributed by atoms with Gasteiger partial charge in [-0.1, -0.05) is 6.92 Å². The molecule has 0 fully saturated rings. The Bertz CT molecular complexity index is 164. The van der Waals surface area contributed by atoms with Crippen LogP contribution < -0.4 is 0 Å². The number of nitrogens with zero attached hydrogens (tertiary/aromatic N) is 1. The van der Waals surface area contributed by atoms with Gasteiger partial charge >= 0.3 is 0 Å². The van der Waals surface area contributed by atoms with Crippen molar-refractivity contribution < 1.29 is 4.74 Å². The van der Waals surface area contributed by atoms with Gasteiger partial charge < -0.3 is 4.74 Å². The summed E-state index contributed by atoms with van der Waals surface area (Å²) in [6.07, 6.45) is 0. The fourth-order valence-corrected chi connectivity index (χ4v) is 0.635. The number of rotatable bonds is 0. The van der Waals surface area contributed by atoms with Crippen molar-refractivity contribution in [3.05, 3.63) is 22.7 Å². The molecule has 1 aliphatic heterocycles. The van der Waals surface area contributed by atoms with Crippen LogP contribution in [0.2, 0.25) is 0 Å². The summed E-state index contributed by atoms with van der Waals surface area (Å²) in [5.41, 5.74) is 1.87. The van der Waals surface area contributed by atoms with E-state index in [4.69, 9.17) is 11.3 Å². The standard InChI is InChI=1S/C6H7NO/c1-5-3-8-4-6(5)7-2/h3-4H2,1H3. The molecule has 0 saturated carbocycles. The Morgan fingerprint density at radius 1 is 1.62 bits per heavy atom. The van der Waals surface area contributed by atoms with E-state index in [1.807, 2.05) is 6.92 Å². The Kier molecular flexibility index (Phi) is 1.32. The summed E-state index contributed by atoms with van der Waals surface area (Å²) in [5.74, 6) is 0. The van der Waals surface area contributed by atoms with Gasteiger partial charge in [-0.25, -0.2) is 4.85 Å². The average Bonchev–Trinajstić information content (AvgIpc) is 2.14. The molecule has 0 spiro atoms.